The standard InChI is InChI=1S/C19H30FNO.ClH/c1-2-3-4-5-6-7-8-9-15-21-16-14-19(22)17-10-12-18(20)13-11-17;/h10-13,21H,2-9,14-16H2,1H3;1H. The number of halogens is 2. The number of rotatable bonds is 13. The maximum atomic E-state index is 12.8. The number of hydrogen-bond donors (Lipinski definition) is 1. The van der Waals surface area contributed by atoms with E-state index in [-0.39, 0.29) is 24.0 Å². The van der Waals surface area contributed by atoms with E-state index in [1.165, 1.54) is 63.5 Å². The molecule has 1 N–H and O–H groups in total. The van der Waals surface area contributed by atoms with Crippen molar-refractivity contribution >= 4 is 18.2 Å². The van der Waals surface area contributed by atoms with Gasteiger partial charge >= 0.3 is 0 Å². The van der Waals surface area contributed by atoms with Crippen molar-refractivity contribution in [1.29, 1.82) is 0 Å². The zero-order valence-corrected chi connectivity index (χ0v) is 15.1. The number of carbonyl (C=O) groups excluding carboxylic acids is 1. The third-order valence-corrected chi connectivity index (χ3v) is 3.90. The smallest absolute Gasteiger partial charge is 0.164 e. The summed E-state index contributed by atoms with van der Waals surface area (Å²) in [7, 11) is 0. The van der Waals surface area contributed by atoms with E-state index in [4.69, 9.17) is 0 Å². The Morgan fingerprint density at radius 1 is 0.913 bits per heavy atom. The third kappa shape index (κ3) is 11.3. The second-order valence-corrected chi connectivity index (χ2v) is 5.90. The molecule has 0 unspecified atom stereocenters. The summed E-state index contributed by atoms with van der Waals surface area (Å²) in [6.45, 7) is 3.92. The van der Waals surface area contributed by atoms with Gasteiger partial charge < -0.3 is 5.32 Å². The van der Waals surface area contributed by atoms with E-state index in [0.717, 1.165) is 6.54 Å². The van der Waals surface area contributed by atoms with E-state index in [0.29, 0.717) is 18.5 Å². The molecule has 0 amide bonds. The van der Waals surface area contributed by atoms with Gasteiger partial charge in [0.1, 0.15) is 5.82 Å². The fraction of sp³-hybridized carbons (Fsp3) is 0.632. The van der Waals surface area contributed by atoms with Crippen LogP contribution >= 0.6 is 12.4 Å². The van der Waals surface area contributed by atoms with Crippen LogP contribution in [-0.4, -0.2) is 18.9 Å². The fourth-order valence-electron chi connectivity index (χ4n) is 2.49. The Bertz CT molecular complexity index is 408. The molecule has 4 heteroatoms. The number of carbonyl (C=O) groups is 1. The van der Waals surface area contributed by atoms with Gasteiger partial charge in [0.05, 0.1) is 0 Å². The van der Waals surface area contributed by atoms with Gasteiger partial charge in [-0.15, -0.1) is 12.4 Å². The van der Waals surface area contributed by atoms with Crippen LogP contribution in [0, 0.1) is 5.82 Å². The minimum atomic E-state index is -0.302. The average Bonchev–Trinajstić information content (AvgIpc) is 2.53. The van der Waals surface area contributed by atoms with E-state index < -0.39 is 0 Å². The molecule has 0 atom stereocenters. The zero-order chi connectivity index (χ0) is 16.0. The largest absolute Gasteiger partial charge is 0.316 e. The van der Waals surface area contributed by atoms with Crippen LogP contribution in [0.3, 0.4) is 0 Å². The van der Waals surface area contributed by atoms with Gasteiger partial charge in [-0.1, -0.05) is 51.9 Å². The molecule has 0 radical (unpaired) electrons. The molecule has 0 saturated carbocycles. The van der Waals surface area contributed by atoms with Crippen LogP contribution in [0.25, 0.3) is 0 Å². The van der Waals surface area contributed by atoms with E-state index in [9.17, 15) is 9.18 Å². The molecule has 1 rings (SSSR count). The topological polar surface area (TPSA) is 29.1 Å². The van der Waals surface area contributed by atoms with Gasteiger partial charge in [-0.25, -0.2) is 4.39 Å². The van der Waals surface area contributed by atoms with Crippen molar-refractivity contribution in [3.05, 3.63) is 35.6 Å². The van der Waals surface area contributed by atoms with E-state index in [1.54, 1.807) is 12.1 Å². The quantitative estimate of drug-likeness (QED) is 0.376. The summed E-state index contributed by atoms with van der Waals surface area (Å²) < 4.78 is 12.8. The lowest BCUT2D eigenvalue weighted by Gasteiger charge is -2.05. The highest BCUT2D eigenvalue weighted by Gasteiger charge is 2.04. The Kier molecular flexibility index (Phi) is 14.1. The molecule has 0 heterocycles. The first-order chi connectivity index (χ1) is 10.7. The lowest BCUT2D eigenvalue weighted by Crippen LogP contribution is -2.19. The molecular weight excluding hydrogens is 313 g/mol. The minimum absolute atomic E-state index is 0. The lowest BCUT2D eigenvalue weighted by molar-refractivity contribution is 0.0982. The van der Waals surface area contributed by atoms with Crippen LogP contribution in [0.5, 0.6) is 0 Å². The summed E-state index contributed by atoms with van der Waals surface area (Å²) in [5, 5.41) is 3.31. The molecule has 2 nitrogen and oxygen atoms in total. The molecule has 0 bridgehead atoms. The summed E-state index contributed by atoms with van der Waals surface area (Å²) in [6.07, 6.45) is 11.0. The predicted molar refractivity (Wildman–Crippen MR) is 98.1 cm³/mol. The fourth-order valence-corrected chi connectivity index (χ4v) is 2.49. The Morgan fingerprint density at radius 3 is 2.09 bits per heavy atom. The number of Topliss-reactive ketones (excluding diaryl/α,β-unsaturated/α-hetero) is 1. The first kappa shape index (κ1) is 22.1. The van der Waals surface area contributed by atoms with Gasteiger partial charge in [-0.05, 0) is 37.2 Å². The summed E-state index contributed by atoms with van der Waals surface area (Å²) in [5.74, 6) is -0.229. The second-order valence-electron chi connectivity index (χ2n) is 5.90. The van der Waals surface area contributed by atoms with Crippen LogP contribution in [0.15, 0.2) is 24.3 Å². The molecule has 0 spiro atoms. The van der Waals surface area contributed by atoms with Crippen molar-refractivity contribution in [1.82, 2.24) is 5.32 Å². The maximum Gasteiger partial charge on any atom is 0.164 e. The second kappa shape index (κ2) is 14.6. The molecule has 0 aliphatic carbocycles. The molecule has 132 valence electrons. The van der Waals surface area contributed by atoms with E-state index >= 15 is 0 Å². The summed E-state index contributed by atoms with van der Waals surface area (Å²) in [4.78, 5) is 11.9. The van der Waals surface area contributed by atoms with Gasteiger partial charge in [0.2, 0.25) is 0 Å². The molecule has 23 heavy (non-hydrogen) atoms. The number of hydrogen-bond acceptors (Lipinski definition) is 2. The Morgan fingerprint density at radius 2 is 1.48 bits per heavy atom. The Balaban J connectivity index is 0.00000484. The molecule has 0 aliphatic heterocycles. The van der Waals surface area contributed by atoms with Crippen LogP contribution in [0.4, 0.5) is 4.39 Å². The van der Waals surface area contributed by atoms with Gasteiger partial charge in [0.15, 0.2) is 5.78 Å². The van der Waals surface area contributed by atoms with Crippen LogP contribution in [0.1, 0.15) is 75.1 Å². The highest BCUT2D eigenvalue weighted by atomic mass is 35.5. The average molecular weight is 344 g/mol. The van der Waals surface area contributed by atoms with Crippen LogP contribution < -0.4 is 5.32 Å². The maximum absolute atomic E-state index is 12.8. The van der Waals surface area contributed by atoms with Gasteiger partial charge in [0, 0.05) is 18.5 Å². The lowest BCUT2D eigenvalue weighted by atomic mass is 10.1. The van der Waals surface area contributed by atoms with Gasteiger partial charge in [0.25, 0.3) is 0 Å². The highest BCUT2D eigenvalue weighted by Crippen LogP contribution is 2.08. The van der Waals surface area contributed by atoms with E-state index in [2.05, 4.69) is 12.2 Å². The predicted octanol–water partition coefficient (Wildman–Crippen LogP) is 5.55. The number of benzene rings is 1. The Hall–Kier alpha value is -0.930. The molecule has 0 aromatic heterocycles. The van der Waals surface area contributed by atoms with Crippen molar-refractivity contribution in [2.75, 3.05) is 13.1 Å². The van der Waals surface area contributed by atoms with Gasteiger partial charge in [-0.2, -0.15) is 0 Å². The molecule has 0 fully saturated rings. The summed E-state index contributed by atoms with van der Waals surface area (Å²) in [6, 6.07) is 5.77. The van der Waals surface area contributed by atoms with Crippen molar-refractivity contribution in [2.24, 2.45) is 0 Å². The third-order valence-electron chi connectivity index (χ3n) is 3.90. The number of ketones is 1. The number of unbranched alkanes of at least 4 members (excludes halogenated alkanes) is 7. The Labute approximate surface area is 146 Å². The number of nitrogens with one attached hydrogen (secondary N) is 1. The summed E-state index contributed by atoms with van der Waals surface area (Å²) >= 11 is 0. The minimum Gasteiger partial charge on any atom is -0.316 e. The highest BCUT2D eigenvalue weighted by molar-refractivity contribution is 5.96. The van der Waals surface area contributed by atoms with E-state index in [1.807, 2.05) is 0 Å². The van der Waals surface area contributed by atoms with Crippen molar-refractivity contribution < 1.29 is 9.18 Å². The molecule has 1 aromatic rings. The monoisotopic (exact) mass is 343 g/mol. The SMILES string of the molecule is CCCCCCCCCCNCCC(=O)c1ccc(F)cc1.Cl. The van der Waals surface area contributed by atoms with Crippen LogP contribution in [-0.2, 0) is 0 Å². The zero-order valence-electron chi connectivity index (χ0n) is 14.3. The molecular formula is C19H31ClFNO. The summed E-state index contributed by atoms with van der Waals surface area (Å²) in [5.41, 5.74) is 0.593. The first-order valence-electron chi connectivity index (χ1n) is 8.73. The van der Waals surface area contributed by atoms with Crippen molar-refractivity contribution in [2.45, 2.75) is 64.7 Å². The van der Waals surface area contributed by atoms with Crippen molar-refractivity contribution in [3.63, 3.8) is 0 Å². The first-order valence-corrected chi connectivity index (χ1v) is 8.73. The van der Waals surface area contributed by atoms with Crippen LogP contribution in [0.2, 0.25) is 0 Å². The molecule has 0 saturated heterocycles. The molecule has 1 aromatic carbocycles. The normalized spacial score (nSPS) is 10.3. The molecule has 0 aliphatic rings. The van der Waals surface area contributed by atoms with Crippen molar-refractivity contribution in [3.8, 4) is 0 Å². The van der Waals surface area contributed by atoms with Gasteiger partial charge in [-0.3, -0.25) is 4.79 Å².